The first-order valence-corrected chi connectivity index (χ1v) is 10.7. The van der Waals surface area contributed by atoms with Gasteiger partial charge in [0.25, 0.3) is 0 Å². The largest absolute Gasteiger partial charge is 0.338 e. The van der Waals surface area contributed by atoms with Crippen LogP contribution < -0.4 is 10.6 Å². The molecule has 0 aliphatic carbocycles. The Hall–Kier alpha value is -2.40. The zero-order valence-electron chi connectivity index (χ0n) is 17.1. The summed E-state index contributed by atoms with van der Waals surface area (Å²) in [7, 11) is 0. The number of urea groups is 1. The van der Waals surface area contributed by atoms with Crippen molar-refractivity contribution in [2.45, 2.75) is 32.1 Å². The summed E-state index contributed by atoms with van der Waals surface area (Å²) < 4.78 is 13.0. The smallest absolute Gasteiger partial charge is 0.314 e. The van der Waals surface area contributed by atoms with Gasteiger partial charge in [-0.1, -0.05) is 42.5 Å². The van der Waals surface area contributed by atoms with Crippen LogP contribution in [-0.4, -0.2) is 43.7 Å². The van der Waals surface area contributed by atoms with Gasteiger partial charge in [-0.25, -0.2) is 9.18 Å². The quantitative estimate of drug-likeness (QED) is 0.628. The molecule has 0 bridgehead atoms. The Labute approximate surface area is 173 Å². The Morgan fingerprint density at radius 2 is 1.62 bits per heavy atom. The van der Waals surface area contributed by atoms with Gasteiger partial charge in [-0.15, -0.1) is 0 Å². The van der Waals surface area contributed by atoms with E-state index in [4.69, 9.17) is 0 Å². The summed E-state index contributed by atoms with van der Waals surface area (Å²) in [6, 6.07) is 17.0. The molecule has 0 spiro atoms. The average molecular weight is 398 g/mol. The number of hydrogen-bond donors (Lipinski definition) is 2. The van der Waals surface area contributed by atoms with E-state index in [0.717, 1.165) is 38.9 Å². The van der Waals surface area contributed by atoms with Crippen molar-refractivity contribution in [2.24, 2.45) is 5.92 Å². The molecule has 0 radical (unpaired) electrons. The van der Waals surface area contributed by atoms with Crippen LogP contribution in [0, 0.1) is 11.7 Å². The molecule has 2 N–H and O–H groups in total. The van der Waals surface area contributed by atoms with E-state index in [2.05, 4.69) is 27.7 Å². The highest BCUT2D eigenvalue weighted by atomic mass is 19.1. The minimum absolute atomic E-state index is 0.0843. The van der Waals surface area contributed by atoms with E-state index < -0.39 is 0 Å². The lowest BCUT2D eigenvalue weighted by Crippen LogP contribution is -2.39. The van der Waals surface area contributed by atoms with Crippen molar-refractivity contribution in [2.75, 3.05) is 32.7 Å². The topological polar surface area (TPSA) is 44.4 Å². The number of amides is 2. The summed E-state index contributed by atoms with van der Waals surface area (Å²) in [5, 5.41) is 5.86. The van der Waals surface area contributed by atoms with E-state index >= 15 is 0 Å². The van der Waals surface area contributed by atoms with Gasteiger partial charge in [-0.2, -0.15) is 0 Å². The third-order valence-corrected chi connectivity index (χ3v) is 5.62. The van der Waals surface area contributed by atoms with Crippen molar-refractivity contribution in [3.8, 4) is 0 Å². The van der Waals surface area contributed by atoms with Crippen LogP contribution in [0.3, 0.4) is 0 Å². The molecule has 29 heavy (non-hydrogen) atoms. The van der Waals surface area contributed by atoms with Crippen LogP contribution >= 0.6 is 0 Å². The number of nitrogens with one attached hydrogen (secondary N) is 2. The molecular weight excluding hydrogens is 365 g/mol. The molecule has 2 aromatic carbocycles. The van der Waals surface area contributed by atoms with Gasteiger partial charge in [0.15, 0.2) is 0 Å². The Kier molecular flexibility index (Phi) is 8.50. The van der Waals surface area contributed by atoms with Gasteiger partial charge in [0.2, 0.25) is 0 Å². The van der Waals surface area contributed by atoms with Gasteiger partial charge in [-0.05, 0) is 80.9 Å². The highest BCUT2D eigenvalue weighted by molar-refractivity contribution is 5.73. The van der Waals surface area contributed by atoms with Gasteiger partial charge in [0.1, 0.15) is 5.82 Å². The van der Waals surface area contributed by atoms with Crippen molar-refractivity contribution in [1.82, 2.24) is 15.5 Å². The van der Waals surface area contributed by atoms with E-state index in [0.29, 0.717) is 19.0 Å². The molecule has 0 aromatic heterocycles. The summed E-state index contributed by atoms with van der Waals surface area (Å²) in [6.45, 7) is 4.59. The number of carbonyl (C=O) groups is 1. The molecule has 2 aromatic rings. The van der Waals surface area contributed by atoms with Crippen LogP contribution in [0.2, 0.25) is 0 Å². The molecule has 1 fully saturated rings. The predicted molar refractivity (Wildman–Crippen MR) is 115 cm³/mol. The first-order chi connectivity index (χ1) is 14.2. The van der Waals surface area contributed by atoms with Gasteiger partial charge >= 0.3 is 6.03 Å². The number of piperidine rings is 1. The van der Waals surface area contributed by atoms with Crippen molar-refractivity contribution in [3.05, 3.63) is 71.5 Å². The third kappa shape index (κ3) is 7.86. The molecule has 1 heterocycles. The fraction of sp³-hybridized carbons (Fsp3) is 0.458. The van der Waals surface area contributed by atoms with E-state index in [1.54, 1.807) is 12.1 Å². The molecule has 156 valence electrons. The Bertz CT molecular complexity index is 728. The van der Waals surface area contributed by atoms with Gasteiger partial charge in [0, 0.05) is 13.1 Å². The number of halogens is 1. The maximum absolute atomic E-state index is 13.0. The van der Waals surface area contributed by atoms with Crippen molar-refractivity contribution in [3.63, 3.8) is 0 Å². The first-order valence-electron chi connectivity index (χ1n) is 10.7. The fourth-order valence-corrected chi connectivity index (χ4v) is 3.90. The highest BCUT2D eigenvalue weighted by Crippen LogP contribution is 2.21. The monoisotopic (exact) mass is 397 g/mol. The van der Waals surface area contributed by atoms with Crippen molar-refractivity contribution in [1.29, 1.82) is 0 Å². The normalized spacial score (nSPS) is 15.2. The lowest BCUT2D eigenvalue weighted by Gasteiger charge is -2.32. The highest BCUT2D eigenvalue weighted by Gasteiger charge is 2.19. The van der Waals surface area contributed by atoms with E-state index in [1.807, 2.05) is 30.3 Å². The Morgan fingerprint density at radius 1 is 0.931 bits per heavy atom. The number of benzene rings is 2. The molecule has 4 nitrogen and oxygen atoms in total. The van der Waals surface area contributed by atoms with Crippen molar-refractivity contribution >= 4 is 6.03 Å². The van der Waals surface area contributed by atoms with Gasteiger partial charge < -0.3 is 15.5 Å². The molecule has 1 aliphatic rings. The van der Waals surface area contributed by atoms with E-state index in [9.17, 15) is 9.18 Å². The van der Waals surface area contributed by atoms with Crippen LogP contribution in [0.15, 0.2) is 54.6 Å². The molecule has 0 atom stereocenters. The zero-order chi connectivity index (χ0) is 20.3. The standard InChI is InChI=1S/C24H32FN3O/c25-23-9-7-21(8-10-23)19-22-12-17-28(18-13-22)16-4-14-26-24(29)27-15-11-20-5-2-1-3-6-20/h1-3,5-10,22H,4,11-19H2,(H2,26,27,29). The van der Waals surface area contributed by atoms with E-state index in [1.165, 1.54) is 24.0 Å². The number of hydrogen-bond acceptors (Lipinski definition) is 2. The second-order valence-electron chi connectivity index (χ2n) is 7.89. The van der Waals surface area contributed by atoms with Gasteiger partial charge in [-0.3, -0.25) is 0 Å². The summed E-state index contributed by atoms with van der Waals surface area (Å²) >= 11 is 0. The van der Waals surface area contributed by atoms with Crippen molar-refractivity contribution < 1.29 is 9.18 Å². The summed E-state index contributed by atoms with van der Waals surface area (Å²) in [5.74, 6) is 0.521. The lowest BCUT2D eigenvalue weighted by atomic mass is 9.90. The number of nitrogens with zero attached hydrogens (tertiary/aromatic N) is 1. The third-order valence-electron chi connectivity index (χ3n) is 5.62. The molecule has 1 aliphatic heterocycles. The number of likely N-dealkylation sites (tertiary alicyclic amines) is 1. The number of rotatable bonds is 9. The van der Waals surface area contributed by atoms with Crippen LogP contribution in [0.25, 0.3) is 0 Å². The fourth-order valence-electron chi connectivity index (χ4n) is 3.90. The molecular formula is C24H32FN3O. The molecule has 5 heteroatoms. The maximum atomic E-state index is 13.0. The Morgan fingerprint density at radius 3 is 2.34 bits per heavy atom. The minimum atomic E-state index is -0.165. The average Bonchev–Trinajstić information content (AvgIpc) is 2.75. The first kappa shape index (κ1) is 21.3. The van der Waals surface area contributed by atoms with Crippen LogP contribution in [0.4, 0.5) is 9.18 Å². The molecule has 0 unspecified atom stereocenters. The molecule has 0 saturated carbocycles. The lowest BCUT2D eigenvalue weighted by molar-refractivity contribution is 0.182. The predicted octanol–water partition coefficient (Wildman–Crippen LogP) is 4.01. The second kappa shape index (κ2) is 11.6. The summed E-state index contributed by atoms with van der Waals surface area (Å²) in [6.07, 6.45) is 5.23. The Balaban J connectivity index is 1.21. The SMILES string of the molecule is O=C(NCCCN1CCC(Cc2ccc(F)cc2)CC1)NCCc1ccccc1. The summed E-state index contributed by atoms with van der Waals surface area (Å²) in [5.41, 5.74) is 2.46. The van der Waals surface area contributed by atoms with Gasteiger partial charge in [0.05, 0.1) is 0 Å². The van der Waals surface area contributed by atoms with E-state index in [-0.39, 0.29) is 11.8 Å². The minimum Gasteiger partial charge on any atom is -0.338 e. The molecule has 3 rings (SSSR count). The molecule has 1 saturated heterocycles. The maximum Gasteiger partial charge on any atom is 0.314 e. The summed E-state index contributed by atoms with van der Waals surface area (Å²) in [4.78, 5) is 14.3. The number of carbonyl (C=O) groups excluding carboxylic acids is 1. The van der Waals surface area contributed by atoms with Crippen LogP contribution in [0.1, 0.15) is 30.4 Å². The zero-order valence-corrected chi connectivity index (χ0v) is 17.1. The molecule has 2 amide bonds. The second-order valence-corrected chi connectivity index (χ2v) is 7.89. The van der Waals surface area contributed by atoms with Crippen LogP contribution in [-0.2, 0) is 12.8 Å². The van der Waals surface area contributed by atoms with Crippen LogP contribution in [0.5, 0.6) is 0 Å².